The van der Waals surface area contributed by atoms with Gasteiger partial charge in [0, 0.05) is 5.54 Å². The van der Waals surface area contributed by atoms with Crippen molar-refractivity contribution in [1.29, 1.82) is 0 Å². The second-order valence-corrected chi connectivity index (χ2v) is 3.86. The number of hydrogen-bond acceptors (Lipinski definition) is 4. The van der Waals surface area contributed by atoms with Crippen LogP contribution in [0.4, 0.5) is 0 Å². The molecule has 1 aliphatic rings. The number of hydrogen-bond donors (Lipinski definition) is 1. The Morgan fingerprint density at radius 3 is 2.77 bits per heavy atom. The monoisotopic (exact) mass is 178 g/mol. The molecule has 4 heteroatoms. The molecule has 0 spiro atoms. The van der Waals surface area contributed by atoms with Crippen LogP contribution in [0.1, 0.15) is 30.8 Å². The Bertz CT molecular complexity index is 289. The Balaban J connectivity index is 1.91. The van der Waals surface area contributed by atoms with Crippen LogP contribution < -0.4 is 5.73 Å². The van der Waals surface area contributed by atoms with Gasteiger partial charge in [-0.3, -0.25) is 0 Å². The fourth-order valence-corrected chi connectivity index (χ4v) is 1.26. The van der Waals surface area contributed by atoms with Gasteiger partial charge in [0.2, 0.25) is 0 Å². The first-order valence-electron chi connectivity index (χ1n) is 4.62. The van der Waals surface area contributed by atoms with Crippen molar-refractivity contribution in [3.05, 3.63) is 17.7 Å². The first-order chi connectivity index (χ1) is 6.18. The van der Waals surface area contributed by atoms with Crippen LogP contribution in [0.5, 0.6) is 0 Å². The number of nitrogens with two attached hydrogens (primary N) is 1. The number of rotatable bonds is 3. The molecular formula is C9H14N4. The lowest BCUT2D eigenvalue weighted by molar-refractivity contribution is 0.597. The second kappa shape index (κ2) is 3.03. The van der Waals surface area contributed by atoms with E-state index in [4.69, 9.17) is 5.73 Å². The highest BCUT2D eigenvalue weighted by Crippen LogP contribution is 2.36. The maximum atomic E-state index is 5.96. The van der Waals surface area contributed by atoms with Crippen LogP contribution in [0.25, 0.3) is 0 Å². The summed E-state index contributed by atoms with van der Waals surface area (Å²) >= 11 is 0. The van der Waals surface area contributed by atoms with E-state index in [0.29, 0.717) is 0 Å². The highest BCUT2D eigenvalue weighted by molar-refractivity contribution is 5.03. The Kier molecular flexibility index (Phi) is 2.00. The summed E-state index contributed by atoms with van der Waals surface area (Å²) in [6.45, 7) is 1.84. The van der Waals surface area contributed by atoms with Gasteiger partial charge in [0.15, 0.2) is 0 Å². The fraction of sp³-hybridized carbons (Fsp3) is 0.667. The Hall–Kier alpha value is -1.03. The predicted octanol–water partition coefficient (Wildman–Crippen LogP) is 0.604. The van der Waals surface area contributed by atoms with Crippen LogP contribution in [0.15, 0.2) is 6.20 Å². The zero-order valence-electron chi connectivity index (χ0n) is 7.82. The average Bonchev–Trinajstić information content (AvgIpc) is 2.84. The van der Waals surface area contributed by atoms with E-state index < -0.39 is 0 Å². The van der Waals surface area contributed by atoms with Gasteiger partial charge in [0.25, 0.3) is 0 Å². The summed E-state index contributed by atoms with van der Waals surface area (Å²) < 4.78 is 0. The molecule has 4 nitrogen and oxygen atoms in total. The van der Waals surface area contributed by atoms with Crippen LogP contribution in [-0.2, 0) is 6.42 Å². The first-order valence-corrected chi connectivity index (χ1v) is 4.62. The second-order valence-electron chi connectivity index (χ2n) is 3.86. The summed E-state index contributed by atoms with van der Waals surface area (Å²) in [6, 6.07) is 0. The lowest BCUT2D eigenvalue weighted by Gasteiger charge is -2.06. The van der Waals surface area contributed by atoms with Crippen LogP contribution in [0.2, 0.25) is 0 Å². The molecule has 0 aliphatic heterocycles. The van der Waals surface area contributed by atoms with Gasteiger partial charge in [-0.2, -0.15) is 5.10 Å². The number of aromatic nitrogens is 3. The standard InChI is InChI=1S/C9H14N4/c1-7-11-6-8(13-12-7)2-3-9(10)4-5-9/h6H,2-5,10H2,1H3. The van der Waals surface area contributed by atoms with E-state index in [-0.39, 0.29) is 5.54 Å². The predicted molar refractivity (Wildman–Crippen MR) is 49.0 cm³/mol. The summed E-state index contributed by atoms with van der Waals surface area (Å²) in [4.78, 5) is 4.09. The summed E-state index contributed by atoms with van der Waals surface area (Å²) in [6.07, 6.45) is 6.00. The molecule has 1 saturated carbocycles. The summed E-state index contributed by atoms with van der Waals surface area (Å²) in [5.74, 6) is 0.720. The van der Waals surface area contributed by atoms with Crippen molar-refractivity contribution in [1.82, 2.24) is 15.2 Å². The zero-order chi connectivity index (χ0) is 9.31. The van der Waals surface area contributed by atoms with E-state index in [1.165, 1.54) is 0 Å². The van der Waals surface area contributed by atoms with Crippen molar-refractivity contribution in [2.45, 2.75) is 38.1 Å². The molecule has 13 heavy (non-hydrogen) atoms. The molecule has 70 valence electrons. The molecule has 2 N–H and O–H groups in total. The lowest BCUT2D eigenvalue weighted by atomic mass is 10.1. The molecule has 0 amide bonds. The van der Waals surface area contributed by atoms with Gasteiger partial charge >= 0.3 is 0 Å². The maximum absolute atomic E-state index is 5.96. The average molecular weight is 178 g/mol. The molecule has 1 fully saturated rings. The smallest absolute Gasteiger partial charge is 0.147 e. The molecule has 1 aliphatic carbocycles. The molecule has 1 heterocycles. The van der Waals surface area contributed by atoms with Gasteiger partial charge in [-0.25, -0.2) is 4.98 Å². The molecule has 0 unspecified atom stereocenters. The molecule has 0 atom stereocenters. The lowest BCUT2D eigenvalue weighted by Crippen LogP contribution is -2.22. The number of aryl methyl sites for hydroxylation is 2. The fourth-order valence-electron chi connectivity index (χ4n) is 1.26. The third kappa shape index (κ3) is 2.21. The molecule has 0 bridgehead atoms. The van der Waals surface area contributed by atoms with Gasteiger partial charge in [-0.05, 0) is 32.6 Å². The first kappa shape index (κ1) is 8.56. The Labute approximate surface area is 77.6 Å². The summed E-state index contributed by atoms with van der Waals surface area (Å²) in [7, 11) is 0. The van der Waals surface area contributed by atoms with Crippen molar-refractivity contribution in [2.24, 2.45) is 5.73 Å². The van der Waals surface area contributed by atoms with E-state index in [2.05, 4.69) is 15.2 Å². The van der Waals surface area contributed by atoms with E-state index in [0.717, 1.165) is 37.2 Å². The molecule has 1 aromatic rings. The molecule has 0 saturated heterocycles. The van der Waals surface area contributed by atoms with Crippen molar-refractivity contribution >= 4 is 0 Å². The Morgan fingerprint density at radius 2 is 2.23 bits per heavy atom. The van der Waals surface area contributed by atoms with Crippen LogP contribution >= 0.6 is 0 Å². The van der Waals surface area contributed by atoms with Gasteiger partial charge < -0.3 is 5.73 Å². The minimum absolute atomic E-state index is 0.104. The third-order valence-electron chi connectivity index (χ3n) is 2.49. The van der Waals surface area contributed by atoms with Crippen LogP contribution in [0.3, 0.4) is 0 Å². The van der Waals surface area contributed by atoms with Gasteiger partial charge in [0.05, 0.1) is 11.9 Å². The highest BCUT2D eigenvalue weighted by Gasteiger charge is 2.37. The summed E-state index contributed by atoms with van der Waals surface area (Å²) in [5.41, 5.74) is 7.01. The molecule has 2 rings (SSSR count). The maximum Gasteiger partial charge on any atom is 0.147 e. The number of nitrogens with zero attached hydrogens (tertiary/aromatic N) is 3. The minimum Gasteiger partial charge on any atom is -0.325 e. The van der Waals surface area contributed by atoms with Gasteiger partial charge in [-0.1, -0.05) is 0 Å². The van der Waals surface area contributed by atoms with Gasteiger partial charge in [0.1, 0.15) is 5.82 Å². The van der Waals surface area contributed by atoms with E-state index >= 15 is 0 Å². The highest BCUT2D eigenvalue weighted by atomic mass is 15.1. The van der Waals surface area contributed by atoms with E-state index in [1.54, 1.807) is 6.20 Å². The third-order valence-corrected chi connectivity index (χ3v) is 2.49. The normalized spacial score (nSPS) is 18.6. The minimum atomic E-state index is 0.104. The van der Waals surface area contributed by atoms with Crippen molar-refractivity contribution in [3.8, 4) is 0 Å². The molecular weight excluding hydrogens is 164 g/mol. The molecule has 0 radical (unpaired) electrons. The largest absolute Gasteiger partial charge is 0.325 e. The van der Waals surface area contributed by atoms with Crippen LogP contribution in [-0.4, -0.2) is 20.7 Å². The van der Waals surface area contributed by atoms with Crippen molar-refractivity contribution < 1.29 is 0 Å². The SMILES string of the molecule is Cc1ncc(CCC2(N)CC2)nn1. The van der Waals surface area contributed by atoms with E-state index in [9.17, 15) is 0 Å². The topological polar surface area (TPSA) is 64.7 Å². The zero-order valence-corrected chi connectivity index (χ0v) is 7.82. The molecule has 0 aromatic carbocycles. The van der Waals surface area contributed by atoms with Crippen molar-refractivity contribution in [3.63, 3.8) is 0 Å². The summed E-state index contributed by atoms with van der Waals surface area (Å²) in [5, 5.41) is 7.94. The van der Waals surface area contributed by atoms with E-state index in [1.807, 2.05) is 6.92 Å². The van der Waals surface area contributed by atoms with Crippen molar-refractivity contribution in [2.75, 3.05) is 0 Å². The van der Waals surface area contributed by atoms with Crippen LogP contribution in [0, 0.1) is 6.92 Å². The quantitative estimate of drug-likeness (QED) is 0.736. The van der Waals surface area contributed by atoms with Gasteiger partial charge in [-0.15, -0.1) is 5.10 Å². The molecule has 1 aromatic heterocycles. The Morgan fingerprint density at radius 1 is 1.46 bits per heavy atom.